The van der Waals surface area contributed by atoms with Crippen LogP contribution in [0.1, 0.15) is 11.6 Å². The summed E-state index contributed by atoms with van der Waals surface area (Å²) in [6.07, 6.45) is -0.502. The number of aromatic nitrogens is 3. The lowest BCUT2D eigenvalue weighted by molar-refractivity contribution is -0.160. The van der Waals surface area contributed by atoms with Gasteiger partial charge in [0, 0.05) is 20.1 Å². The standard InChI is InChI=1S/C11H18N4O3/c1-8-12-13-10(14(8)2)7-15-4-5-18-9(6-15)11(16)17-3/h9H,4-7H2,1-3H3. The van der Waals surface area contributed by atoms with Crippen molar-refractivity contribution < 1.29 is 14.3 Å². The van der Waals surface area contributed by atoms with Crippen molar-refractivity contribution in [1.29, 1.82) is 0 Å². The average molecular weight is 254 g/mol. The zero-order chi connectivity index (χ0) is 13.1. The van der Waals surface area contributed by atoms with E-state index in [2.05, 4.69) is 15.1 Å². The van der Waals surface area contributed by atoms with Crippen LogP contribution in [0.4, 0.5) is 0 Å². The van der Waals surface area contributed by atoms with Crippen molar-refractivity contribution in [1.82, 2.24) is 19.7 Å². The van der Waals surface area contributed by atoms with Crippen molar-refractivity contribution in [3.8, 4) is 0 Å². The largest absolute Gasteiger partial charge is 0.467 e. The van der Waals surface area contributed by atoms with Gasteiger partial charge in [0.15, 0.2) is 6.10 Å². The molecule has 1 fully saturated rings. The van der Waals surface area contributed by atoms with Crippen LogP contribution < -0.4 is 0 Å². The number of nitrogens with zero attached hydrogens (tertiary/aromatic N) is 4. The molecule has 7 heteroatoms. The Morgan fingerprint density at radius 2 is 2.33 bits per heavy atom. The molecule has 7 nitrogen and oxygen atoms in total. The third-order valence-corrected chi connectivity index (χ3v) is 3.16. The van der Waals surface area contributed by atoms with Crippen LogP contribution in [0.5, 0.6) is 0 Å². The highest BCUT2D eigenvalue weighted by Crippen LogP contribution is 2.10. The number of aryl methyl sites for hydroxylation is 1. The Hall–Kier alpha value is -1.47. The van der Waals surface area contributed by atoms with Gasteiger partial charge in [-0.3, -0.25) is 4.90 Å². The summed E-state index contributed by atoms with van der Waals surface area (Å²) in [6.45, 7) is 4.40. The molecule has 1 aromatic rings. The summed E-state index contributed by atoms with van der Waals surface area (Å²) < 4.78 is 12.0. The number of carbonyl (C=O) groups excluding carboxylic acids is 1. The lowest BCUT2D eigenvalue weighted by Crippen LogP contribution is -2.46. The highest BCUT2D eigenvalue weighted by atomic mass is 16.6. The van der Waals surface area contributed by atoms with Gasteiger partial charge in [0.25, 0.3) is 0 Å². The van der Waals surface area contributed by atoms with Crippen molar-refractivity contribution in [2.45, 2.75) is 19.6 Å². The molecule has 1 atom stereocenters. The normalized spacial score (nSPS) is 20.9. The lowest BCUT2D eigenvalue weighted by Gasteiger charge is -2.30. The summed E-state index contributed by atoms with van der Waals surface area (Å²) in [4.78, 5) is 13.5. The second kappa shape index (κ2) is 5.45. The van der Waals surface area contributed by atoms with Crippen molar-refractivity contribution in [3.63, 3.8) is 0 Å². The zero-order valence-corrected chi connectivity index (χ0v) is 10.9. The van der Waals surface area contributed by atoms with Gasteiger partial charge in [-0.25, -0.2) is 4.79 Å². The van der Waals surface area contributed by atoms with Gasteiger partial charge >= 0.3 is 5.97 Å². The fourth-order valence-corrected chi connectivity index (χ4v) is 1.91. The Morgan fingerprint density at radius 1 is 1.56 bits per heavy atom. The monoisotopic (exact) mass is 254 g/mol. The maximum Gasteiger partial charge on any atom is 0.336 e. The highest BCUT2D eigenvalue weighted by molar-refractivity contribution is 5.74. The van der Waals surface area contributed by atoms with E-state index in [9.17, 15) is 4.79 Å². The van der Waals surface area contributed by atoms with E-state index in [0.29, 0.717) is 19.7 Å². The SMILES string of the molecule is COC(=O)C1CN(Cc2nnc(C)n2C)CCO1. The predicted octanol–water partition coefficient (Wildman–Crippen LogP) is -0.503. The van der Waals surface area contributed by atoms with E-state index in [1.807, 2.05) is 18.5 Å². The molecule has 0 aliphatic carbocycles. The summed E-state index contributed by atoms with van der Waals surface area (Å²) in [6, 6.07) is 0. The van der Waals surface area contributed by atoms with Crippen LogP contribution in [0.15, 0.2) is 0 Å². The smallest absolute Gasteiger partial charge is 0.336 e. The first-order valence-corrected chi connectivity index (χ1v) is 5.88. The molecule has 0 saturated carbocycles. The fraction of sp³-hybridized carbons (Fsp3) is 0.727. The lowest BCUT2D eigenvalue weighted by atomic mass is 10.2. The molecular formula is C11H18N4O3. The number of hydrogen-bond donors (Lipinski definition) is 0. The molecule has 1 aliphatic heterocycles. The Morgan fingerprint density at radius 3 is 2.94 bits per heavy atom. The van der Waals surface area contributed by atoms with Crippen molar-refractivity contribution >= 4 is 5.97 Å². The summed E-state index contributed by atoms with van der Waals surface area (Å²) >= 11 is 0. The van der Waals surface area contributed by atoms with Crippen molar-refractivity contribution in [2.24, 2.45) is 7.05 Å². The number of morpholine rings is 1. The molecule has 1 aromatic heterocycles. The van der Waals surface area contributed by atoms with Gasteiger partial charge in [-0.2, -0.15) is 0 Å². The van der Waals surface area contributed by atoms with E-state index in [1.54, 1.807) is 0 Å². The minimum atomic E-state index is -0.502. The fourth-order valence-electron chi connectivity index (χ4n) is 1.91. The Bertz CT molecular complexity index is 432. The van der Waals surface area contributed by atoms with Gasteiger partial charge in [0.1, 0.15) is 11.6 Å². The van der Waals surface area contributed by atoms with Crippen LogP contribution in [0, 0.1) is 6.92 Å². The van der Waals surface area contributed by atoms with Crippen LogP contribution >= 0.6 is 0 Å². The molecule has 0 aromatic carbocycles. The quantitative estimate of drug-likeness (QED) is 0.677. The van der Waals surface area contributed by atoms with E-state index in [1.165, 1.54) is 7.11 Å². The van der Waals surface area contributed by atoms with Crippen LogP contribution in [-0.4, -0.2) is 58.5 Å². The molecule has 1 unspecified atom stereocenters. The van der Waals surface area contributed by atoms with E-state index >= 15 is 0 Å². The average Bonchev–Trinajstić information content (AvgIpc) is 2.70. The van der Waals surface area contributed by atoms with Crippen molar-refractivity contribution in [3.05, 3.63) is 11.6 Å². The highest BCUT2D eigenvalue weighted by Gasteiger charge is 2.28. The minimum absolute atomic E-state index is 0.325. The van der Waals surface area contributed by atoms with E-state index < -0.39 is 6.10 Å². The molecule has 18 heavy (non-hydrogen) atoms. The molecule has 0 N–H and O–H groups in total. The molecule has 0 bridgehead atoms. The molecule has 1 aliphatic rings. The summed E-state index contributed by atoms with van der Waals surface area (Å²) in [7, 11) is 3.31. The maximum atomic E-state index is 11.4. The second-order valence-corrected chi connectivity index (χ2v) is 4.34. The first-order chi connectivity index (χ1) is 8.61. The van der Waals surface area contributed by atoms with Gasteiger partial charge in [-0.15, -0.1) is 10.2 Å². The molecule has 2 rings (SSSR count). The van der Waals surface area contributed by atoms with Gasteiger partial charge in [-0.1, -0.05) is 0 Å². The molecule has 2 heterocycles. The third-order valence-electron chi connectivity index (χ3n) is 3.16. The molecule has 0 amide bonds. The minimum Gasteiger partial charge on any atom is -0.467 e. The zero-order valence-electron chi connectivity index (χ0n) is 10.9. The second-order valence-electron chi connectivity index (χ2n) is 4.34. The summed E-state index contributed by atoms with van der Waals surface area (Å²) in [5.74, 6) is 1.44. The predicted molar refractivity (Wildman–Crippen MR) is 62.8 cm³/mol. The maximum absolute atomic E-state index is 11.4. The molecule has 100 valence electrons. The molecule has 0 spiro atoms. The Kier molecular flexibility index (Phi) is 3.93. The molecule has 1 saturated heterocycles. The Balaban J connectivity index is 1.97. The summed E-state index contributed by atoms with van der Waals surface area (Å²) in [5.41, 5.74) is 0. The van der Waals surface area contributed by atoms with E-state index in [4.69, 9.17) is 9.47 Å². The first kappa shape index (κ1) is 13.0. The van der Waals surface area contributed by atoms with Gasteiger partial charge < -0.3 is 14.0 Å². The number of methoxy groups -OCH3 is 1. The van der Waals surface area contributed by atoms with Crippen LogP contribution in [0.3, 0.4) is 0 Å². The van der Waals surface area contributed by atoms with Crippen LogP contribution in [-0.2, 0) is 27.9 Å². The van der Waals surface area contributed by atoms with Gasteiger partial charge in [0.2, 0.25) is 0 Å². The molecule has 0 radical (unpaired) electrons. The van der Waals surface area contributed by atoms with Gasteiger partial charge in [0.05, 0.1) is 20.3 Å². The third kappa shape index (κ3) is 2.68. The topological polar surface area (TPSA) is 69.5 Å². The van der Waals surface area contributed by atoms with Crippen LogP contribution in [0.2, 0.25) is 0 Å². The van der Waals surface area contributed by atoms with Crippen LogP contribution in [0.25, 0.3) is 0 Å². The van der Waals surface area contributed by atoms with Crippen molar-refractivity contribution in [2.75, 3.05) is 26.8 Å². The molecular weight excluding hydrogens is 236 g/mol. The van der Waals surface area contributed by atoms with E-state index in [0.717, 1.165) is 18.2 Å². The number of ether oxygens (including phenoxy) is 2. The Labute approximate surface area is 106 Å². The van der Waals surface area contributed by atoms with Gasteiger partial charge in [-0.05, 0) is 6.92 Å². The number of esters is 1. The first-order valence-electron chi connectivity index (χ1n) is 5.88. The number of rotatable bonds is 3. The number of carbonyl (C=O) groups is 1. The summed E-state index contributed by atoms with van der Waals surface area (Å²) in [5, 5.41) is 8.13. The number of hydrogen-bond acceptors (Lipinski definition) is 6. The van der Waals surface area contributed by atoms with E-state index in [-0.39, 0.29) is 5.97 Å².